The van der Waals surface area contributed by atoms with Gasteiger partial charge in [-0.1, -0.05) is 6.42 Å². The second-order valence-electron chi connectivity index (χ2n) is 3.82. The highest BCUT2D eigenvalue weighted by Crippen LogP contribution is 2.17. The van der Waals surface area contributed by atoms with E-state index in [4.69, 9.17) is 10.2 Å². The molecule has 3 N–H and O–H groups in total. The SMILES string of the molecule is NCCCCCc1ncc(-c2ccco2)[nH]1. The van der Waals surface area contributed by atoms with E-state index in [1.165, 1.54) is 0 Å². The molecule has 16 heavy (non-hydrogen) atoms. The molecule has 4 heteroatoms. The first-order valence-corrected chi connectivity index (χ1v) is 5.68. The van der Waals surface area contributed by atoms with Crippen LogP contribution < -0.4 is 5.73 Å². The van der Waals surface area contributed by atoms with Crippen molar-refractivity contribution in [1.82, 2.24) is 9.97 Å². The molecular formula is C12H17N3O. The number of hydrogen-bond donors (Lipinski definition) is 2. The molecule has 0 atom stereocenters. The summed E-state index contributed by atoms with van der Waals surface area (Å²) >= 11 is 0. The fourth-order valence-electron chi connectivity index (χ4n) is 1.66. The first-order chi connectivity index (χ1) is 7.90. The molecule has 2 aromatic rings. The van der Waals surface area contributed by atoms with Crippen LogP contribution in [0.4, 0.5) is 0 Å². The van der Waals surface area contributed by atoms with Gasteiger partial charge in [-0.2, -0.15) is 0 Å². The van der Waals surface area contributed by atoms with E-state index in [2.05, 4.69) is 9.97 Å². The number of aromatic amines is 1. The van der Waals surface area contributed by atoms with Crippen LogP contribution in [0, 0.1) is 0 Å². The molecule has 86 valence electrons. The van der Waals surface area contributed by atoms with Crippen LogP contribution in [0.2, 0.25) is 0 Å². The van der Waals surface area contributed by atoms with Crippen molar-refractivity contribution in [3.8, 4) is 11.5 Å². The fraction of sp³-hybridized carbons (Fsp3) is 0.417. The molecule has 0 amide bonds. The average molecular weight is 219 g/mol. The number of aromatic nitrogens is 2. The van der Waals surface area contributed by atoms with Crippen LogP contribution in [0.15, 0.2) is 29.0 Å². The number of unbranched alkanes of at least 4 members (excludes halogenated alkanes) is 2. The normalized spacial score (nSPS) is 10.8. The topological polar surface area (TPSA) is 67.8 Å². The van der Waals surface area contributed by atoms with Crippen LogP contribution in [0.1, 0.15) is 25.1 Å². The summed E-state index contributed by atoms with van der Waals surface area (Å²) in [5.74, 6) is 1.85. The molecule has 0 saturated carbocycles. The Bertz CT molecular complexity index is 406. The van der Waals surface area contributed by atoms with Gasteiger partial charge in [0.2, 0.25) is 0 Å². The number of nitrogens with one attached hydrogen (secondary N) is 1. The van der Waals surface area contributed by atoms with Crippen molar-refractivity contribution >= 4 is 0 Å². The van der Waals surface area contributed by atoms with Gasteiger partial charge < -0.3 is 15.1 Å². The maximum atomic E-state index is 5.44. The fourth-order valence-corrected chi connectivity index (χ4v) is 1.66. The largest absolute Gasteiger partial charge is 0.463 e. The highest BCUT2D eigenvalue weighted by molar-refractivity contribution is 5.50. The van der Waals surface area contributed by atoms with E-state index in [-0.39, 0.29) is 0 Å². The molecule has 0 aliphatic heterocycles. The molecule has 2 rings (SSSR count). The van der Waals surface area contributed by atoms with E-state index in [1.807, 2.05) is 18.3 Å². The Morgan fingerprint density at radius 2 is 2.25 bits per heavy atom. The Morgan fingerprint density at radius 3 is 3.00 bits per heavy atom. The molecule has 0 radical (unpaired) electrons. The van der Waals surface area contributed by atoms with Gasteiger partial charge in [0.15, 0.2) is 5.76 Å². The zero-order chi connectivity index (χ0) is 11.2. The lowest BCUT2D eigenvalue weighted by molar-refractivity contribution is 0.580. The predicted molar refractivity (Wildman–Crippen MR) is 62.9 cm³/mol. The van der Waals surface area contributed by atoms with Gasteiger partial charge in [0.05, 0.1) is 12.5 Å². The van der Waals surface area contributed by atoms with Gasteiger partial charge >= 0.3 is 0 Å². The van der Waals surface area contributed by atoms with Crippen LogP contribution in [-0.4, -0.2) is 16.5 Å². The second kappa shape index (κ2) is 5.51. The maximum Gasteiger partial charge on any atom is 0.151 e. The summed E-state index contributed by atoms with van der Waals surface area (Å²) in [7, 11) is 0. The summed E-state index contributed by atoms with van der Waals surface area (Å²) in [4.78, 5) is 7.58. The van der Waals surface area contributed by atoms with Gasteiger partial charge in [0.25, 0.3) is 0 Å². The predicted octanol–water partition coefficient (Wildman–Crippen LogP) is 2.34. The number of hydrogen-bond acceptors (Lipinski definition) is 3. The molecule has 4 nitrogen and oxygen atoms in total. The molecule has 2 aromatic heterocycles. The van der Waals surface area contributed by atoms with Crippen molar-refractivity contribution in [2.75, 3.05) is 6.54 Å². The Balaban J connectivity index is 1.88. The quantitative estimate of drug-likeness (QED) is 0.733. The van der Waals surface area contributed by atoms with Crippen LogP contribution in [-0.2, 0) is 6.42 Å². The van der Waals surface area contributed by atoms with Gasteiger partial charge in [0.1, 0.15) is 11.5 Å². The monoisotopic (exact) mass is 219 g/mol. The van der Waals surface area contributed by atoms with Gasteiger partial charge in [-0.05, 0) is 31.5 Å². The van der Waals surface area contributed by atoms with Gasteiger partial charge in [0, 0.05) is 6.42 Å². The average Bonchev–Trinajstić information content (AvgIpc) is 2.94. The molecule has 0 unspecified atom stereocenters. The number of nitrogens with zero attached hydrogens (tertiary/aromatic N) is 1. The zero-order valence-corrected chi connectivity index (χ0v) is 9.28. The maximum absolute atomic E-state index is 5.44. The molecule has 0 saturated heterocycles. The Hall–Kier alpha value is -1.55. The van der Waals surface area contributed by atoms with E-state index in [0.717, 1.165) is 49.5 Å². The van der Waals surface area contributed by atoms with Crippen LogP contribution in [0.3, 0.4) is 0 Å². The van der Waals surface area contributed by atoms with E-state index in [1.54, 1.807) is 6.26 Å². The minimum absolute atomic E-state index is 0.774. The molecular weight excluding hydrogens is 202 g/mol. The van der Waals surface area contributed by atoms with Crippen molar-refractivity contribution in [3.05, 3.63) is 30.4 Å². The van der Waals surface area contributed by atoms with Gasteiger partial charge in [-0.15, -0.1) is 0 Å². The third kappa shape index (κ3) is 2.73. The number of rotatable bonds is 6. The molecule has 0 aliphatic rings. The summed E-state index contributed by atoms with van der Waals surface area (Å²) in [6.45, 7) is 0.774. The first kappa shape index (κ1) is 11.0. The Labute approximate surface area is 94.9 Å². The lowest BCUT2D eigenvalue weighted by Gasteiger charge is -1.96. The first-order valence-electron chi connectivity index (χ1n) is 5.68. The third-order valence-corrected chi connectivity index (χ3v) is 2.53. The standard InChI is InChI=1S/C12H17N3O/c13-7-3-1-2-6-12-14-9-10(15-12)11-5-4-8-16-11/h4-5,8-9H,1-3,6-7,13H2,(H,14,15). The highest BCUT2D eigenvalue weighted by atomic mass is 16.3. The minimum Gasteiger partial charge on any atom is -0.463 e. The van der Waals surface area contributed by atoms with Crippen molar-refractivity contribution < 1.29 is 4.42 Å². The number of imidazole rings is 1. The molecule has 2 heterocycles. The molecule has 0 spiro atoms. The highest BCUT2D eigenvalue weighted by Gasteiger charge is 2.04. The lowest BCUT2D eigenvalue weighted by Crippen LogP contribution is -1.98. The van der Waals surface area contributed by atoms with Crippen molar-refractivity contribution in [2.24, 2.45) is 5.73 Å². The number of H-pyrrole nitrogens is 1. The smallest absolute Gasteiger partial charge is 0.151 e. The number of furan rings is 1. The van der Waals surface area contributed by atoms with Crippen molar-refractivity contribution in [2.45, 2.75) is 25.7 Å². The summed E-state index contributed by atoms with van der Waals surface area (Å²) in [6.07, 6.45) is 7.83. The van der Waals surface area contributed by atoms with E-state index in [0.29, 0.717) is 0 Å². The van der Waals surface area contributed by atoms with Crippen LogP contribution >= 0.6 is 0 Å². The summed E-state index contributed by atoms with van der Waals surface area (Å²) in [6, 6.07) is 3.79. The van der Waals surface area contributed by atoms with Gasteiger partial charge in [-0.25, -0.2) is 4.98 Å². The molecule has 0 fully saturated rings. The van der Waals surface area contributed by atoms with Crippen molar-refractivity contribution in [1.29, 1.82) is 0 Å². The number of aryl methyl sites for hydroxylation is 1. The summed E-state index contributed by atoms with van der Waals surface area (Å²) < 4.78 is 5.29. The Morgan fingerprint density at radius 1 is 1.31 bits per heavy atom. The summed E-state index contributed by atoms with van der Waals surface area (Å²) in [5.41, 5.74) is 6.38. The van der Waals surface area contributed by atoms with E-state index >= 15 is 0 Å². The molecule has 0 aliphatic carbocycles. The summed E-state index contributed by atoms with van der Waals surface area (Å²) in [5, 5.41) is 0. The molecule has 0 bridgehead atoms. The molecule has 0 aromatic carbocycles. The minimum atomic E-state index is 0.774. The number of nitrogens with two attached hydrogens (primary N) is 1. The zero-order valence-electron chi connectivity index (χ0n) is 9.28. The van der Waals surface area contributed by atoms with E-state index < -0.39 is 0 Å². The third-order valence-electron chi connectivity index (χ3n) is 2.53. The van der Waals surface area contributed by atoms with Gasteiger partial charge in [-0.3, -0.25) is 0 Å². The van der Waals surface area contributed by atoms with Crippen molar-refractivity contribution in [3.63, 3.8) is 0 Å². The second-order valence-corrected chi connectivity index (χ2v) is 3.82. The Kier molecular flexibility index (Phi) is 3.77. The van der Waals surface area contributed by atoms with Crippen LogP contribution in [0.25, 0.3) is 11.5 Å². The van der Waals surface area contributed by atoms with E-state index in [9.17, 15) is 0 Å². The lowest BCUT2D eigenvalue weighted by atomic mass is 10.2. The van der Waals surface area contributed by atoms with Crippen LogP contribution in [0.5, 0.6) is 0 Å².